The summed E-state index contributed by atoms with van der Waals surface area (Å²) in [5, 5.41) is 26.0. The Morgan fingerprint density at radius 2 is 2.15 bits per heavy atom. The number of thioether (sulfide) groups is 1. The van der Waals surface area contributed by atoms with Gasteiger partial charge in [0.15, 0.2) is 11.0 Å². The summed E-state index contributed by atoms with van der Waals surface area (Å²) in [7, 11) is 3.93. The topological polar surface area (TPSA) is 101 Å². The third-order valence-corrected chi connectivity index (χ3v) is 3.35. The van der Waals surface area contributed by atoms with Crippen LogP contribution in [0.2, 0.25) is 0 Å². The standard InChI is InChI=1S/C11H20N4O4S/c1-14(2)3-5-19-6-4-15-9(7-16)12-13-11(15)20-8-10(17)18/h16H,3-8H2,1-2H3,(H,17,18). The van der Waals surface area contributed by atoms with E-state index in [1.165, 1.54) is 0 Å². The van der Waals surface area contributed by atoms with Crippen LogP contribution >= 0.6 is 11.8 Å². The van der Waals surface area contributed by atoms with Crippen molar-refractivity contribution >= 4 is 17.7 Å². The molecule has 1 rings (SSSR count). The van der Waals surface area contributed by atoms with E-state index in [4.69, 9.17) is 9.84 Å². The van der Waals surface area contributed by atoms with Crippen molar-refractivity contribution in [3.63, 3.8) is 0 Å². The minimum absolute atomic E-state index is 0.0922. The summed E-state index contributed by atoms with van der Waals surface area (Å²) in [6.07, 6.45) is 0. The van der Waals surface area contributed by atoms with Crippen molar-refractivity contribution in [2.24, 2.45) is 0 Å². The Hall–Kier alpha value is -1.16. The van der Waals surface area contributed by atoms with Gasteiger partial charge in [0.1, 0.15) is 6.61 Å². The van der Waals surface area contributed by atoms with E-state index in [0.29, 0.717) is 30.7 Å². The normalized spacial score (nSPS) is 11.2. The molecule has 1 aromatic heterocycles. The van der Waals surface area contributed by atoms with Gasteiger partial charge in [0.2, 0.25) is 0 Å². The van der Waals surface area contributed by atoms with Crippen LogP contribution in [0.15, 0.2) is 5.16 Å². The molecule has 0 aliphatic carbocycles. The van der Waals surface area contributed by atoms with E-state index in [2.05, 4.69) is 10.2 Å². The summed E-state index contributed by atoms with van der Waals surface area (Å²) in [6.45, 7) is 2.15. The van der Waals surface area contributed by atoms with Crippen molar-refractivity contribution in [1.29, 1.82) is 0 Å². The molecule has 0 bridgehead atoms. The monoisotopic (exact) mass is 304 g/mol. The number of aliphatic hydroxyl groups is 1. The highest BCUT2D eigenvalue weighted by molar-refractivity contribution is 7.99. The van der Waals surface area contributed by atoms with Crippen LogP contribution in [0.25, 0.3) is 0 Å². The molecule has 0 saturated carbocycles. The maximum absolute atomic E-state index is 10.6. The molecule has 20 heavy (non-hydrogen) atoms. The lowest BCUT2D eigenvalue weighted by Crippen LogP contribution is -2.19. The first-order valence-corrected chi connectivity index (χ1v) is 7.13. The molecular formula is C11H20N4O4S. The third kappa shape index (κ3) is 5.87. The minimum atomic E-state index is -0.919. The van der Waals surface area contributed by atoms with E-state index < -0.39 is 5.97 Å². The Kier molecular flexibility index (Phi) is 7.52. The second-order valence-corrected chi connectivity index (χ2v) is 5.25. The van der Waals surface area contributed by atoms with Crippen LogP contribution in [-0.2, 0) is 22.7 Å². The number of rotatable bonds is 10. The van der Waals surface area contributed by atoms with E-state index in [1.54, 1.807) is 4.57 Å². The molecule has 0 aliphatic heterocycles. The molecule has 0 spiro atoms. The fraction of sp³-hybridized carbons (Fsp3) is 0.727. The van der Waals surface area contributed by atoms with Gasteiger partial charge in [-0.1, -0.05) is 11.8 Å². The quantitative estimate of drug-likeness (QED) is 0.442. The fourth-order valence-electron chi connectivity index (χ4n) is 1.40. The van der Waals surface area contributed by atoms with Crippen LogP contribution in [0.5, 0.6) is 0 Å². The molecule has 2 N–H and O–H groups in total. The zero-order valence-corrected chi connectivity index (χ0v) is 12.5. The lowest BCUT2D eigenvalue weighted by molar-refractivity contribution is -0.133. The molecule has 0 aliphatic rings. The number of aromatic nitrogens is 3. The summed E-state index contributed by atoms with van der Waals surface area (Å²) in [6, 6.07) is 0. The zero-order chi connectivity index (χ0) is 15.0. The number of likely N-dealkylation sites (N-methyl/N-ethyl adjacent to an activating group) is 1. The van der Waals surface area contributed by atoms with Crippen LogP contribution in [0.3, 0.4) is 0 Å². The highest BCUT2D eigenvalue weighted by Crippen LogP contribution is 2.16. The van der Waals surface area contributed by atoms with E-state index in [1.807, 2.05) is 19.0 Å². The molecular weight excluding hydrogens is 284 g/mol. The number of carbonyl (C=O) groups is 1. The van der Waals surface area contributed by atoms with Crippen LogP contribution in [0.1, 0.15) is 5.82 Å². The first kappa shape index (κ1) is 16.9. The summed E-state index contributed by atoms with van der Waals surface area (Å²) in [4.78, 5) is 12.6. The van der Waals surface area contributed by atoms with Crippen LogP contribution < -0.4 is 0 Å². The number of nitrogens with zero attached hydrogens (tertiary/aromatic N) is 4. The molecule has 0 atom stereocenters. The van der Waals surface area contributed by atoms with E-state index in [-0.39, 0.29) is 12.4 Å². The van der Waals surface area contributed by atoms with Gasteiger partial charge in [-0.25, -0.2) is 0 Å². The van der Waals surface area contributed by atoms with E-state index in [9.17, 15) is 9.90 Å². The van der Waals surface area contributed by atoms with Crippen LogP contribution in [-0.4, -0.2) is 75.5 Å². The lowest BCUT2D eigenvalue weighted by Gasteiger charge is -2.11. The SMILES string of the molecule is CN(C)CCOCCn1c(CO)nnc1SCC(=O)O. The molecule has 0 aromatic carbocycles. The Bertz CT molecular complexity index is 425. The van der Waals surface area contributed by atoms with E-state index in [0.717, 1.165) is 18.3 Å². The molecule has 0 saturated heterocycles. The first-order chi connectivity index (χ1) is 9.54. The molecule has 1 aromatic rings. The Balaban J connectivity index is 2.48. The van der Waals surface area contributed by atoms with Crippen molar-refractivity contribution < 1.29 is 19.7 Å². The lowest BCUT2D eigenvalue weighted by atomic mass is 10.5. The summed E-state index contributed by atoms with van der Waals surface area (Å²) in [5.41, 5.74) is 0. The van der Waals surface area contributed by atoms with Gasteiger partial charge in [0.05, 0.1) is 19.0 Å². The first-order valence-electron chi connectivity index (χ1n) is 6.14. The number of aliphatic carboxylic acids is 1. The van der Waals surface area contributed by atoms with Gasteiger partial charge >= 0.3 is 5.97 Å². The van der Waals surface area contributed by atoms with Gasteiger partial charge < -0.3 is 24.4 Å². The predicted molar refractivity (Wildman–Crippen MR) is 73.7 cm³/mol. The number of aliphatic hydroxyl groups excluding tert-OH is 1. The highest BCUT2D eigenvalue weighted by Gasteiger charge is 2.13. The van der Waals surface area contributed by atoms with Crippen molar-refractivity contribution in [2.75, 3.05) is 39.6 Å². The van der Waals surface area contributed by atoms with Gasteiger partial charge in [-0.15, -0.1) is 10.2 Å². The van der Waals surface area contributed by atoms with Gasteiger partial charge in [0.25, 0.3) is 0 Å². The molecule has 0 amide bonds. The van der Waals surface area contributed by atoms with Crippen molar-refractivity contribution in [2.45, 2.75) is 18.3 Å². The number of carboxylic acids is 1. The second kappa shape index (κ2) is 8.90. The van der Waals surface area contributed by atoms with Gasteiger partial charge in [-0.3, -0.25) is 4.79 Å². The van der Waals surface area contributed by atoms with Crippen molar-refractivity contribution in [3.8, 4) is 0 Å². The number of ether oxygens (including phenoxy) is 1. The maximum Gasteiger partial charge on any atom is 0.313 e. The molecule has 0 radical (unpaired) electrons. The maximum atomic E-state index is 10.6. The van der Waals surface area contributed by atoms with Crippen LogP contribution in [0.4, 0.5) is 0 Å². The fourth-order valence-corrected chi connectivity index (χ4v) is 2.10. The Morgan fingerprint density at radius 1 is 1.40 bits per heavy atom. The average Bonchev–Trinajstić information content (AvgIpc) is 2.77. The van der Waals surface area contributed by atoms with Crippen LogP contribution in [0, 0.1) is 0 Å². The van der Waals surface area contributed by atoms with Gasteiger partial charge in [-0.05, 0) is 14.1 Å². The third-order valence-electron chi connectivity index (χ3n) is 2.40. The second-order valence-electron chi connectivity index (χ2n) is 4.31. The van der Waals surface area contributed by atoms with E-state index >= 15 is 0 Å². The number of carboxylic acid groups (broad SMARTS) is 1. The average molecular weight is 304 g/mol. The molecule has 9 heteroatoms. The smallest absolute Gasteiger partial charge is 0.313 e. The van der Waals surface area contributed by atoms with Gasteiger partial charge in [0, 0.05) is 13.1 Å². The molecule has 0 fully saturated rings. The molecule has 1 heterocycles. The minimum Gasteiger partial charge on any atom is -0.481 e. The highest BCUT2D eigenvalue weighted by atomic mass is 32.2. The Labute approximate surface area is 121 Å². The number of hydrogen-bond donors (Lipinski definition) is 2. The molecule has 8 nitrogen and oxygen atoms in total. The predicted octanol–water partition coefficient (Wildman–Crippen LogP) is -0.475. The summed E-state index contributed by atoms with van der Waals surface area (Å²) >= 11 is 1.07. The molecule has 114 valence electrons. The summed E-state index contributed by atoms with van der Waals surface area (Å²) < 4.78 is 7.16. The van der Waals surface area contributed by atoms with Crippen molar-refractivity contribution in [3.05, 3.63) is 5.82 Å². The molecule has 0 unspecified atom stereocenters. The summed E-state index contributed by atoms with van der Waals surface area (Å²) in [5.74, 6) is -0.600. The van der Waals surface area contributed by atoms with Crippen molar-refractivity contribution in [1.82, 2.24) is 19.7 Å². The largest absolute Gasteiger partial charge is 0.481 e. The van der Waals surface area contributed by atoms with Gasteiger partial charge in [-0.2, -0.15) is 0 Å². The zero-order valence-electron chi connectivity index (χ0n) is 11.7. The Morgan fingerprint density at radius 3 is 2.75 bits per heavy atom. The number of hydrogen-bond acceptors (Lipinski definition) is 7.